The lowest BCUT2D eigenvalue weighted by molar-refractivity contribution is 0.509. The minimum atomic E-state index is -0.885. The SMILES string of the molecule is Cc1[nH]nc(-c2ccc(F)c(F)c2)c1-c1ccncc1. The molecule has 2 heterocycles. The van der Waals surface area contributed by atoms with Gasteiger partial charge in [-0.1, -0.05) is 0 Å². The fourth-order valence-electron chi connectivity index (χ4n) is 2.15. The van der Waals surface area contributed by atoms with Gasteiger partial charge in [0, 0.05) is 29.2 Å². The summed E-state index contributed by atoms with van der Waals surface area (Å²) in [5.74, 6) is -1.75. The van der Waals surface area contributed by atoms with E-state index in [1.807, 2.05) is 19.1 Å². The topological polar surface area (TPSA) is 41.6 Å². The van der Waals surface area contributed by atoms with Gasteiger partial charge in [0.2, 0.25) is 0 Å². The van der Waals surface area contributed by atoms with Crippen molar-refractivity contribution >= 4 is 0 Å². The molecule has 0 amide bonds. The summed E-state index contributed by atoms with van der Waals surface area (Å²) in [7, 11) is 0. The lowest BCUT2D eigenvalue weighted by Crippen LogP contribution is -1.88. The Bertz CT molecular complexity index is 751. The van der Waals surface area contributed by atoms with Gasteiger partial charge in [0.15, 0.2) is 11.6 Å². The molecule has 0 atom stereocenters. The van der Waals surface area contributed by atoms with E-state index in [-0.39, 0.29) is 0 Å². The molecule has 0 spiro atoms. The van der Waals surface area contributed by atoms with Crippen molar-refractivity contribution in [1.29, 1.82) is 0 Å². The summed E-state index contributed by atoms with van der Waals surface area (Å²) in [5, 5.41) is 7.08. The van der Waals surface area contributed by atoms with Crippen LogP contribution in [0.5, 0.6) is 0 Å². The van der Waals surface area contributed by atoms with E-state index in [1.54, 1.807) is 12.4 Å². The second kappa shape index (κ2) is 4.85. The number of halogens is 2. The summed E-state index contributed by atoms with van der Waals surface area (Å²) in [6.45, 7) is 1.88. The van der Waals surface area contributed by atoms with Crippen LogP contribution >= 0.6 is 0 Å². The van der Waals surface area contributed by atoms with Crippen LogP contribution in [-0.4, -0.2) is 15.2 Å². The highest BCUT2D eigenvalue weighted by Crippen LogP contribution is 2.32. The van der Waals surface area contributed by atoms with E-state index in [4.69, 9.17) is 0 Å². The van der Waals surface area contributed by atoms with Gasteiger partial charge in [0.25, 0.3) is 0 Å². The number of aryl methyl sites for hydroxylation is 1. The predicted octanol–water partition coefficient (Wildman–Crippen LogP) is 3.73. The van der Waals surface area contributed by atoms with E-state index in [2.05, 4.69) is 15.2 Å². The highest BCUT2D eigenvalue weighted by molar-refractivity contribution is 5.82. The molecule has 0 saturated carbocycles. The van der Waals surface area contributed by atoms with Crippen molar-refractivity contribution in [2.24, 2.45) is 0 Å². The van der Waals surface area contributed by atoms with Gasteiger partial charge in [-0.05, 0) is 42.8 Å². The monoisotopic (exact) mass is 271 g/mol. The average molecular weight is 271 g/mol. The molecule has 0 fully saturated rings. The first-order valence-corrected chi connectivity index (χ1v) is 6.07. The van der Waals surface area contributed by atoms with Crippen LogP contribution in [0.15, 0.2) is 42.7 Å². The van der Waals surface area contributed by atoms with Crippen molar-refractivity contribution in [3.05, 3.63) is 60.1 Å². The number of nitrogens with zero attached hydrogens (tertiary/aromatic N) is 2. The predicted molar refractivity (Wildman–Crippen MR) is 71.9 cm³/mol. The zero-order chi connectivity index (χ0) is 14.1. The average Bonchev–Trinajstić information content (AvgIpc) is 2.85. The molecule has 0 aliphatic rings. The van der Waals surface area contributed by atoms with Gasteiger partial charge in [-0.25, -0.2) is 8.78 Å². The Hall–Kier alpha value is -2.56. The summed E-state index contributed by atoms with van der Waals surface area (Å²) >= 11 is 0. The van der Waals surface area contributed by atoms with Crippen molar-refractivity contribution in [3.63, 3.8) is 0 Å². The molecule has 0 unspecified atom stereocenters. The number of rotatable bonds is 2. The first-order chi connectivity index (χ1) is 9.66. The molecule has 0 aliphatic heterocycles. The van der Waals surface area contributed by atoms with Gasteiger partial charge < -0.3 is 0 Å². The molecular formula is C15H11F2N3. The van der Waals surface area contributed by atoms with Crippen molar-refractivity contribution in [2.75, 3.05) is 0 Å². The molecule has 2 aromatic heterocycles. The van der Waals surface area contributed by atoms with Crippen LogP contribution in [-0.2, 0) is 0 Å². The van der Waals surface area contributed by atoms with E-state index in [9.17, 15) is 8.78 Å². The van der Waals surface area contributed by atoms with Crippen LogP contribution in [0.4, 0.5) is 8.78 Å². The van der Waals surface area contributed by atoms with Crippen LogP contribution < -0.4 is 0 Å². The van der Waals surface area contributed by atoms with E-state index in [1.165, 1.54) is 6.07 Å². The summed E-state index contributed by atoms with van der Waals surface area (Å²) in [6.07, 6.45) is 3.35. The van der Waals surface area contributed by atoms with Crippen LogP contribution in [0.2, 0.25) is 0 Å². The quantitative estimate of drug-likeness (QED) is 0.771. The molecule has 1 N–H and O–H groups in total. The molecule has 1 aromatic carbocycles. The van der Waals surface area contributed by atoms with Gasteiger partial charge in [-0.15, -0.1) is 0 Å². The molecule has 3 rings (SSSR count). The number of H-pyrrole nitrogens is 1. The van der Waals surface area contributed by atoms with Gasteiger partial charge in [0.1, 0.15) is 5.69 Å². The van der Waals surface area contributed by atoms with Gasteiger partial charge in [-0.3, -0.25) is 10.1 Å². The Morgan fingerprint density at radius 1 is 0.950 bits per heavy atom. The highest BCUT2D eigenvalue weighted by atomic mass is 19.2. The Balaban J connectivity index is 2.18. The molecular weight excluding hydrogens is 260 g/mol. The Kier molecular flexibility index (Phi) is 3.02. The van der Waals surface area contributed by atoms with E-state index in [0.29, 0.717) is 11.3 Å². The fourth-order valence-corrected chi connectivity index (χ4v) is 2.15. The van der Waals surface area contributed by atoms with Crippen molar-refractivity contribution in [3.8, 4) is 22.4 Å². The maximum Gasteiger partial charge on any atom is 0.159 e. The summed E-state index contributed by atoms with van der Waals surface area (Å²) < 4.78 is 26.4. The summed E-state index contributed by atoms with van der Waals surface area (Å²) in [6, 6.07) is 7.46. The van der Waals surface area contributed by atoms with Gasteiger partial charge in [0.05, 0.1) is 0 Å². The normalized spacial score (nSPS) is 10.8. The molecule has 0 aliphatic carbocycles. The Morgan fingerprint density at radius 2 is 1.70 bits per heavy atom. The lowest BCUT2D eigenvalue weighted by Gasteiger charge is -2.04. The number of hydrogen-bond acceptors (Lipinski definition) is 2. The third-order valence-electron chi connectivity index (χ3n) is 3.11. The van der Waals surface area contributed by atoms with Crippen LogP contribution in [0.1, 0.15) is 5.69 Å². The maximum atomic E-state index is 13.4. The van der Waals surface area contributed by atoms with Crippen LogP contribution in [0.25, 0.3) is 22.4 Å². The molecule has 0 bridgehead atoms. The minimum absolute atomic E-state index is 0.528. The molecule has 3 aromatic rings. The maximum absolute atomic E-state index is 13.4. The first kappa shape index (κ1) is 12.5. The van der Waals surface area contributed by atoms with E-state index >= 15 is 0 Å². The Labute approximate surface area is 114 Å². The van der Waals surface area contributed by atoms with Gasteiger partial charge in [-0.2, -0.15) is 5.10 Å². The van der Waals surface area contributed by atoms with Crippen LogP contribution in [0, 0.1) is 18.6 Å². The first-order valence-electron chi connectivity index (χ1n) is 6.07. The number of pyridine rings is 1. The minimum Gasteiger partial charge on any atom is -0.282 e. The van der Waals surface area contributed by atoms with E-state index < -0.39 is 11.6 Å². The van der Waals surface area contributed by atoms with Crippen LogP contribution in [0.3, 0.4) is 0 Å². The zero-order valence-corrected chi connectivity index (χ0v) is 10.7. The molecule has 100 valence electrons. The number of hydrogen-bond donors (Lipinski definition) is 1. The number of nitrogens with one attached hydrogen (secondary N) is 1. The molecule has 3 nitrogen and oxygen atoms in total. The van der Waals surface area contributed by atoms with Crippen molar-refractivity contribution in [2.45, 2.75) is 6.92 Å². The highest BCUT2D eigenvalue weighted by Gasteiger charge is 2.15. The zero-order valence-electron chi connectivity index (χ0n) is 10.7. The van der Waals surface area contributed by atoms with Crippen molar-refractivity contribution < 1.29 is 8.78 Å². The van der Waals surface area contributed by atoms with Gasteiger partial charge >= 0.3 is 0 Å². The smallest absolute Gasteiger partial charge is 0.159 e. The second-order valence-electron chi connectivity index (χ2n) is 4.44. The van der Waals surface area contributed by atoms with Crippen molar-refractivity contribution in [1.82, 2.24) is 15.2 Å². The third-order valence-corrected chi connectivity index (χ3v) is 3.11. The molecule has 5 heteroatoms. The second-order valence-corrected chi connectivity index (χ2v) is 4.44. The van der Waals surface area contributed by atoms with E-state index in [0.717, 1.165) is 29.0 Å². The molecule has 0 saturated heterocycles. The molecule has 0 radical (unpaired) electrons. The fraction of sp³-hybridized carbons (Fsp3) is 0.0667. The number of aromatic nitrogens is 3. The lowest BCUT2D eigenvalue weighted by atomic mass is 10.00. The number of aromatic amines is 1. The third kappa shape index (κ3) is 2.07. The standard InChI is InChI=1S/C15H11F2N3/c1-9-14(10-4-6-18-7-5-10)15(20-19-9)11-2-3-12(16)13(17)8-11/h2-8H,1H3,(H,19,20). The summed E-state index contributed by atoms with van der Waals surface area (Å²) in [4.78, 5) is 3.97. The number of benzene rings is 1. The summed E-state index contributed by atoms with van der Waals surface area (Å²) in [5.41, 5.74) is 3.76. The molecule has 20 heavy (non-hydrogen) atoms. The largest absolute Gasteiger partial charge is 0.282 e. The Morgan fingerprint density at radius 3 is 2.40 bits per heavy atom.